The lowest BCUT2D eigenvalue weighted by atomic mass is 9.95. The Morgan fingerprint density at radius 3 is 1.94 bits per heavy atom. The molecule has 0 aromatic carbocycles. The second-order valence-corrected chi connectivity index (χ2v) is 4.83. The maximum absolute atomic E-state index is 9.79. The van der Waals surface area contributed by atoms with E-state index in [-0.39, 0.29) is 18.6 Å². The molecule has 0 aromatic rings. The van der Waals surface area contributed by atoms with Crippen LogP contribution >= 0.6 is 0 Å². The lowest BCUT2D eigenvalue weighted by Gasteiger charge is -2.18. The van der Waals surface area contributed by atoms with Gasteiger partial charge in [-0.05, 0) is 12.8 Å². The highest BCUT2D eigenvalue weighted by molar-refractivity contribution is 4.66. The van der Waals surface area contributed by atoms with Crippen molar-refractivity contribution in [2.45, 2.75) is 77.7 Å². The van der Waals surface area contributed by atoms with Crippen molar-refractivity contribution in [1.82, 2.24) is 0 Å². The largest absolute Gasteiger partial charge is 0.396 e. The van der Waals surface area contributed by atoms with Crippen LogP contribution in [0.25, 0.3) is 0 Å². The van der Waals surface area contributed by atoms with Gasteiger partial charge >= 0.3 is 0 Å². The van der Waals surface area contributed by atoms with Gasteiger partial charge in [0, 0.05) is 12.5 Å². The van der Waals surface area contributed by atoms with Gasteiger partial charge in [-0.2, -0.15) is 0 Å². The molecule has 0 aliphatic rings. The number of hydrogen-bond donors (Lipinski definition) is 2. The van der Waals surface area contributed by atoms with Crippen LogP contribution in [0.1, 0.15) is 71.6 Å². The molecule has 0 aromatic heterocycles. The highest BCUT2D eigenvalue weighted by Gasteiger charge is 2.15. The van der Waals surface area contributed by atoms with Crippen LogP contribution in [-0.2, 0) is 0 Å². The summed E-state index contributed by atoms with van der Waals surface area (Å²) in [4.78, 5) is 0. The third kappa shape index (κ3) is 8.12. The predicted molar refractivity (Wildman–Crippen MR) is 69.5 cm³/mol. The average molecular weight is 230 g/mol. The van der Waals surface area contributed by atoms with Crippen molar-refractivity contribution in [3.8, 4) is 0 Å². The van der Waals surface area contributed by atoms with E-state index >= 15 is 0 Å². The monoisotopic (exact) mass is 230 g/mol. The van der Waals surface area contributed by atoms with E-state index in [2.05, 4.69) is 6.92 Å². The molecule has 0 unspecified atom stereocenters. The maximum atomic E-state index is 9.79. The smallest absolute Gasteiger partial charge is 0.0590 e. The third-order valence-electron chi connectivity index (χ3n) is 3.41. The summed E-state index contributed by atoms with van der Waals surface area (Å²) in [6.07, 6.45) is 10.4. The van der Waals surface area contributed by atoms with Crippen molar-refractivity contribution in [3.05, 3.63) is 0 Å². The molecular formula is C14H30O2. The second-order valence-electron chi connectivity index (χ2n) is 4.83. The Morgan fingerprint density at radius 2 is 1.44 bits per heavy atom. The number of aliphatic hydroxyl groups is 2. The van der Waals surface area contributed by atoms with Crippen LogP contribution in [0.15, 0.2) is 0 Å². The molecule has 0 aliphatic heterocycles. The standard InChI is InChI=1S/C14H30O2/c1-3-5-6-7-8-9-10-11-14(16)13(4-2)12-15/h13-16H,3-12H2,1-2H3/t13-,14-/m1/s1. The number of hydrogen-bond acceptors (Lipinski definition) is 2. The molecule has 2 atom stereocenters. The fourth-order valence-electron chi connectivity index (χ4n) is 2.07. The zero-order valence-corrected chi connectivity index (χ0v) is 11.1. The van der Waals surface area contributed by atoms with Gasteiger partial charge in [-0.25, -0.2) is 0 Å². The van der Waals surface area contributed by atoms with E-state index in [0.29, 0.717) is 0 Å². The molecule has 0 amide bonds. The van der Waals surface area contributed by atoms with Gasteiger partial charge in [0.2, 0.25) is 0 Å². The Bertz CT molecular complexity index is 133. The minimum atomic E-state index is -0.300. The Morgan fingerprint density at radius 1 is 0.875 bits per heavy atom. The fraction of sp³-hybridized carbons (Fsp3) is 1.00. The normalized spacial score (nSPS) is 15.0. The molecular weight excluding hydrogens is 200 g/mol. The summed E-state index contributed by atoms with van der Waals surface area (Å²) in [6, 6.07) is 0. The summed E-state index contributed by atoms with van der Waals surface area (Å²) in [5.41, 5.74) is 0. The van der Waals surface area contributed by atoms with Gasteiger partial charge in [0.15, 0.2) is 0 Å². The lowest BCUT2D eigenvalue weighted by molar-refractivity contribution is 0.0569. The molecule has 2 nitrogen and oxygen atoms in total. The lowest BCUT2D eigenvalue weighted by Crippen LogP contribution is -2.22. The third-order valence-corrected chi connectivity index (χ3v) is 3.41. The molecule has 0 saturated heterocycles. The summed E-state index contributed by atoms with van der Waals surface area (Å²) in [6.45, 7) is 4.37. The predicted octanol–water partition coefficient (Wildman–Crippen LogP) is 3.51. The summed E-state index contributed by atoms with van der Waals surface area (Å²) >= 11 is 0. The molecule has 0 saturated carbocycles. The van der Waals surface area contributed by atoms with Crippen LogP contribution in [-0.4, -0.2) is 22.9 Å². The number of unbranched alkanes of at least 4 members (excludes halogenated alkanes) is 6. The summed E-state index contributed by atoms with van der Waals surface area (Å²) in [7, 11) is 0. The van der Waals surface area contributed by atoms with E-state index in [1.54, 1.807) is 0 Å². The van der Waals surface area contributed by atoms with Crippen molar-refractivity contribution in [3.63, 3.8) is 0 Å². The van der Waals surface area contributed by atoms with E-state index in [1.807, 2.05) is 6.92 Å². The molecule has 0 bridgehead atoms. The van der Waals surface area contributed by atoms with Crippen molar-refractivity contribution in [2.24, 2.45) is 5.92 Å². The first kappa shape index (κ1) is 15.9. The Balaban J connectivity index is 3.30. The number of rotatable bonds is 11. The molecule has 2 heteroatoms. The zero-order valence-electron chi connectivity index (χ0n) is 11.1. The molecule has 0 rings (SSSR count). The fourth-order valence-corrected chi connectivity index (χ4v) is 2.07. The molecule has 0 aliphatic carbocycles. The van der Waals surface area contributed by atoms with Crippen LogP contribution in [0, 0.1) is 5.92 Å². The molecule has 98 valence electrons. The maximum Gasteiger partial charge on any atom is 0.0590 e. The van der Waals surface area contributed by atoms with E-state index in [4.69, 9.17) is 5.11 Å². The van der Waals surface area contributed by atoms with E-state index in [1.165, 1.54) is 38.5 Å². The quantitative estimate of drug-likeness (QED) is 0.533. The SMILES string of the molecule is CCCCCCCCC[C@@H](O)[C@H](CC)CO. The van der Waals surface area contributed by atoms with Gasteiger partial charge in [-0.3, -0.25) is 0 Å². The van der Waals surface area contributed by atoms with Crippen LogP contribution in [0.2, 0.25) is 0 Å². The molecule has 0 radical (unpaired) electrons. The van der Waals surface area contributed by atoms with E-state index < -0.39 is 0 Å². The Kier molecular flexibility index (Phi) is 11.3. The molecule has 0 heterocycles. The Labute approximate surface area is 101 Å². The summed E-state index contributed by atoms with van der Waals surface area (Å²) in [5.74, 6) is 0.0834. The topological polar surface area (TPSA) is 40.5 Å². The second kappa shape index (κ2) is 11.4. The van der Waals surface area contributed by atoms with E-state index in [0.717, 1.165) is 19.3 Å². The summed E-state index contributed by atoms with van der Waals surface area (Å²) < 4.78 is 0. The zero-order chi connectivity index (χ0) is 12.2. The van der Waals surface area contributed by atoms with Crippen LogP contribution < -0.4 is 0 Å². The minimum absolute atomic E-state index is 0.0834. The molecule has 0 spiro atoms. The number of aliphatic hydroxyl groups excluding tert-OH is 2. The molecule has 0 fully saturated rings. The van der Waals surface area contributed by atoms with Gasteiger partial charge in [0.25, 0.3) is 0 Å². The minimum Gasteiger partial charge on any atom is -0.396 e. The van der Waals surface area contributed by atoms with Crippen molar-refractivity contribution < 1.29 is 10.2 Å². The van der Waals surface area contributed by atoms with Gasteiger partial charge in [0.1, 0.15) is 0 Å². The molecule has 2 N–H and O–H groups in total. The van der Waals surface area contributed by atoms with E-state index in [9.17, 15) is 5.11 Å². The van der Waals surface area contributed by atoms with Crippen LogP contribution in [0.3, 0.4) is 0 Å². The first-order valence-corrected chi connectivity index (χ1v) is 7.05. The van der Waals surface area contributed by atoms with Gasteiger partial charge in [-0.1, -0.05) is 58.8 Å². The summed E-state index contributed by atoms with van der Waals surface area (Å²) in [5, 5.41) is 18.8. The van der Waals surface area contributed by atoms with Crippen molar-refractivity contribution in [1.29, 1.82) is 0 Å². The highest BCUT2D eigenvalue weighted by atomic mass is 16.3. The first-order chi connectivity index (χ1) is 7.76. The van der Waals surface area contributed by atoms with Gasteiger partial charge < -0.3 is 10.2 Å². The first-order valence-electron chi connectivity index (χ1n) is 7.05. The highest BCUT2D eigenvalue weighted by Crippen LogP contribution is 2.15. The average Bonchev–Trinajstić information content (AvgIpc) is 2.29. The molecule has 16 heavy (non-hydrogen) atoms. The van der Waals surface area contributed by atoms with Crippen LogP contribution in [0.4, 0.5) is 0 Å². The van der Waals surface area contributed by atoms with Crippen LogP contribution in [0.5, 0.6) is 0 Å². The Hall–Kier alpha value is -0.0800. The van der Waals surface area contributed by atoms with Crippen molar-refractivity contribution >= 4 is 0 Å². The van der Waals surface area contributed by atoms with Gasteiger partial charge in [-0.15, -0.1) is 0 Å². The van der Waals surface area contributed by atoms with Gasteiger partial charge in [0.05, 0.1) is 6.10 Å². The van der Waals surface area contributed by atoms with Crippen molar-refractivity contribution in [2.75, 3.05) is 6.61 Å².